The second-order valence-corrected chi connectivity index (χ2v) is 3.38. The molecule has 0 saturated carbocycles. The Morgan fingerprint density at radius 1 is 1.00 bits per heavy atom. The maximum Gasteiger partial charge on any atom is 0.213 e. The molecule has 1 aromatic rings. The summed E-state index contributed by atoms with van der Waals surface area (Å²) in [6.45, 7) is 3.03. The van der Waals surface area contributed by atoms with Crippen molar-refractivity contribution in [2.75, 3.05) is 46.8 Å². The van der Waals surface area contributed by atoms with Crippen LogP contribution in [-0.4, -0.2) is 51.7 Å². The second-order valence-electron chi connectivity index (χ2n) is 3.38. The average molecular weight is 259 g/mol. The molecule has 18 heavy (non-hydrogen) atoms. The zero-order chi connectivity index (χ0) is 13.1. The molecule has 0 aliphatic heterocycles. The van der Waals surface area contributed by atoms with Gasteiger partial charge in [-0.3, -0.25) is 0 Å². The van der Waals surface area contributed by atoms with Gasteiger partial charge < -0.3 is 18.9 Å². The number of methoxy groups -OCH3 is 1. The molecule has 0 atom stereocenters. The molecule has 0 spiro atoms. The number of ether oxygens (including phenoxy) is 4. The zero-order valence-electron chi connectivity index (χ0n) is 10.4. The Balaban J connectivity index is 1.91. The van der Waals surface area contributed by atoms with Crippen LogP contribution in [0, 0.1) is 5.95 Å². The van der Waals surface area contributed by atoms with E-state index in [-0.39, 0.29) is 0 Å². The van der Waals surface area contributed by atoms with E-state index < -0.39 is 5.95 Å². The predicted octanol–water partition coefficient (Wildman–Crippen LogP) is 1.28. The van der Waals surface area contributed by atoms with Crippen LogP contribution in [0.4, 0.5) is 4.39 Å². The number of rotatable bonds is 10. The number of nitrogens with zero attached hydrogens (tertiary/aromatic N) is 1. The monoisotopic (exact) mass is 259 g/mol. The normalized spacial score (nSPS) is 10.6. The first-order valence-electron chi connectivity index (χ1n) is 5.71. The molecule has 1 heterocycles. The van der Waals surface area contributed by atoms with Crippen LogP contribution in [0.3, 0.4) is 0 Å². The summed E-state index contributed by atoms with van der Waals surface area (Å²) >= 11 is 0. The van der Waals surface area contributed by atoms with Gasteiger partial charge in [-0.1, -0.05) is 0 Å². The Bertz CT molecular complexity index is 307. The standard InChI is InChI=1S/C12H18FNO4/c1-15-4-5-16-6-7-17-8-9-18-11-2-3-12(13)14-10-11/h2-3,10H,4-9H2,1H3. The molecule has 5 nitrogen and oxygen atoms in total. The van der Waals surface area contributed by atoms with Crippen molar-refractivity contribution in [3.05, 3.63) is 24.3 Å². The maximum atomic E-state index is 12.5. The molecule has 102 valence electrons. The molecule has 0 aromatic carbocycles. The molecule has 0 aliphatic carbocycles. The van der Waals surface area contributed by atoms with Gasteiger partial charge in [0, 0.05) is 7.11 Å². The average Bonchev–Trinajstić information content (AvgIpc) is 2.39. The summed E-state index contributed by atoms with van der Waals surface area (Å²) < 4.78 is 33.1. The first kappa shape index (κ1) is 14.8. The minimum absolute atomic E-state index is 0.394. The highest BCUT2D eigenvalue weighted by Gasteiger charge is 1.96. The van der Waals surface area contributed by atoms with E-state index in [1.165, 1.54) is 18.3 Å². The Hall–Kier alpha value is -1.24. The van der Waals surface area contributed by atoms with Crippen LogP contribution in [0.5, 0.6) is 5.75 Å². The highest BCUT2D eigenvalue weighted by molar-refractivity contribution is 5.15. The lowest BCUT2D eigenvalue weighted by molar-refractivity contribution is 0.0179. The van der Waals surface area contributed by atoms with Gasteiger partial charge >= 0.3 is 0 Å². The fourth-order valence-corrected chi connectivity index (χ4v) is 1.13. The largest absolute Gasteiger partial charge is 0.490 e. The lowest BCUT2D eigenvalue weighted by Crippen LogP contribution is -2.12. The van der Waals surface area contributed by atoms with Crippen LogP contribution in [0.2, 0.25) is 0 Å². The van der Waals surface area contributed by atoms with Gasteiger partial charge in [-0.05, 0) is 12.1 Å². The van der Waals surface area contributed by atoms with Crippen LogP contribution in [-0.2, 0) is 14.2 Å². The van der Waals surface area contributed by atoms with Crippen molar-refractivity contribution in [3.63, 3.8) is 0 Å². The molecular formula is C12H18FNO4. The van der Waals surface area contributed by atoms with Crippen molar-refractivity contribution < 1.29 is 23.3 Å². The van der Waals surface area contributed by atoms with Gasteiger partial charge in [-0.15, -0.1) is 0 Å². The molecule has 0 N–H and O–H groups in total. The fourth-order valence-electron chi connectivity index (χ4n) is 1.13. The second kappa shape index (κ2) is 9.76. The van der Waals surface area contributed by atoms with Gasteiger partial charge in [0.15, 0.2) is 0 Å². The van der Waals surface area contributed by atoms with E-state index in [2.05, 4.69) is 4.98 Å². The molecule has 0 radical (unpaired) electrons. The molecule has 0 bridgehead atoms. The van der Waals surface area contributed by atoms with Crippen molar-refractivity contribution in [1.29, 1.82) is 0 Å². The molecule has 6 heteroatoms. The van der Waals surface area contributed by atoms with Crippen molar-refractivity contribution >= 4 is 0 Å². The molecule has 0 fully saturated rings. The fraction of sp³-hybridized carbons (Fsp3) is 0.583. The summed E-state index contributed by atoms with van der Waals surface area (Å²) in [4.78, 5) is 3.47. The van der Waals surface area contributed by atoms with E-state index >= 15 is 0 Å². The summed E-state index contributed by atoms with van der Waals surface area (Å²) in [7, 11) is 1.63. The summed E-state index contributed by atoms with van der Waals surface area (Å²) in [6, 6.07) is 2.77. The Morgan fingerprint density at radius 3 is 2.28 bits per heavy atom. The van der Waals surface area contributed by atoms with E-state index in [1.54, 1.807) is 7.11 Å². The van der Waals surface area contributed by atoms with Crippen LogP contribution >= 0.6 is 0 Å². The van der Waals surface area contributed by atoms with E-state index in [9.17, 15) is 4.39 Å². The van der Waals surface area contributed by atoms with E-state index in [4.69, 9.17) is 18.9 Å². The Morgan fingerprint density at radius 2 is 1.67 bits per heavy atom. The van der Waals surface area contributed by atoms with E-state index in [1.807, 2.05) is 0 Å². The van der Waals surface area contributed by atoms with E-state index in [0.717, 1.165) is 0 Å². The van der Waals surface area contributed by atoms with Crippen molar-refractivity contribution in [2.24, 2.45) is 0 Å². The molecule has 1 rings (SSSR count). The third kappa shape index (κ3) is 7.16. The minimum Gasteiger partial charge on any atom is -0.490 e. The van der Waals surface area contributed by atoms with Crippen LogP contribution in [0.15, 0.2) is 18.3 Å². The number of pyridine rings is 1. The summed E-state index contributed by atoms with van der Waals surface area (Å²) in [5.41, 5.74) is 0. The van der Waals surface area contributed by atoms with Crippen molar-refractivity contribution in [2.45, 2.75) is 0 Å². The van der Waals surface area contributed by atoms with Gasteiger partial charge in [-0.2, -0.15) is 4.39 Å². The van der Waals surface area contributed by atoms with Crippen LogP contribution < -0.4 is 4.74 Å². The van der Waals surface area contributed by atoms with Gasteiger partial charge in [0.1, 0.15) is 12.4 Å². The van der Waals surface area contributed by atoms with Crippen LogP contribution in [0.25, 0.3) is 0 Å². The zero-order valence-corrected chi connectivity index (χ0v) is 10.4. The maximum absolute atomic E-state index is 12.5. The first-order chi connectivity index (χ1) is 8.83. The number of hydrogen-bond donors (Lipinski definition) is 0. The highest BCUT2D eigenvalue weighted by Crippen LogP contribution is 2.07. The number of halogens is 1. The topological polar surface area (TPSA) is 49.8 Å². The van der Waals surface area contributed by atoms with Gasteiger partial charge in [-0.25, -0.2) is 4.98 Å². The van der Waals surface area contributed by atoms with Gasteiger partial charge in [0.05, 0.1) is 39.2 Å². The third-order valence-electron chi connectivity index (χ3n) is 2.00. The smallest absolute Gasteiger partial charge is 0.213 e. The minimum atomic E-state index is -0.521. The van der Waals surface area contributed by atoms with Crippen LogP contribution in [0.1, 0.15) is 0 Å². The molecule has 0 unspecified atom stereocenters. The summed E-state index contributed by atoms with van der Waals surface area (Å²) in [5, 5.41) is 0. The Kier molecular flexibility index (Phi) is 8.03. The molecule has 0 amide bonds. The third-order valence-corrected chi connectivity index (χ3v) is 2.00. The first-order valence-corrected chi connectivity index (χ1v) is 5.71. The van der Waals surface area contributed by atoms with Crippen molar-refractivity contribution in [3.8, 4) is 5.75 Å². The molecular weight excluding hydrogens is 241 g/mol. The van der Waals surface area contributed by atoms with Crippen molar-refractivity contribution in [1.82, 2.24) is 4.98 Å². The predicted molar refractivity (Wildman–Crippen MR) is 63.2 cm³/mol. The lowest BCUT2D eigenvalue weighted by atomic mass is 10.4. The van der Waals surface area contributed by atoms with E-state index in [0.29, 0.717) is 45.4 Å². The number of hydrogen-bond acceptors (Lipinski definition) is 5. The van der Waals surface area contributed by atoms with Gasteiger partial charge in [0.2, 0.25) is 5.95 Å². The summed E-state index contributed by atoms with van der Waals surface area (Å²) in [6.07, 6.45) is 1.34. The summed E-state index contributed by atoms with van der Waals surface area (Å²) in [5.74, 6) is 0.00292. The highest BCUT2D eigenvalue weighted by atomic mass is 19.1. The Labute approximate surface area is 106 Å². The molecule has 0 saturated heterocycles. The SMILES string of the molecule is COCCOCCOCCOc1ccc(F)nc1. The quantitative estimate of drug-likeness (QED) is 0.468. The van der Waals surface area contributed by atoms with Gasteiger partial charge in [0.25, 0.3) is 0 Å². The molecule has 1 aromatic heterocycles. The lowest BCUT2D eigenvalue weighted by Gasteiger charge is -2.07. The number of aromatic nitrogens is 1. The molecule has 0 aliphatic rings.